The smallest absolute Gasteiger partial charge is 0.306 e. The number of hydrogen-bond acceptors (Lipinski definition) is 5. The van der Waals surface area contributed by atoms with Crippen molar-refractivity contribution in [2.75, 3.05) is 6.61 Å². The molecule has 58 heavy (non-hydrogen) atoms. The minimum absolute atomic E-state index is 0.0467. The van der Waals surface area contributed by atoms with Gasteiger partial charge < -0.3 is 20.3 Å². The van der Waals surface area contributed by atoms with E-state index < -0.39 is 18.2 Å². The first kappa shape index (κ1) is 54.0. The molecule has 1 amide bonds. The van der Waals surface area contributed by atoms with Crippen molar-refractivity contribution in [3.63, 3.8) is 0 Å². The Morgan fingerprint density at radius 1 is 0.534 bits per heavy atom. The molecule has 3 unspecified atom stereocenters. The molecule has 324 valence electrons. The van der Waals surface area contributed by atoms with Crippen molar-refractivity contribution in [3.8, 4) is 0 Å². The van der Waals surface area contributed by atoms with Crippen LogP contribution in [0.15, 0.2) is 134 Å². The molecule has 0 aliphatic rings. The summed E-state index contributed by atoms with van der Waals surface area (Å²) in [4.78, 5) is 25.9. The minimum Gasteiger partial charge on any atom is -0.461 e. The summed E-state index contributed by atoms with van der Waals surface area (Å²) in [6.45, 7) is 6.10. The van der Waals surface area contributed by atoms with Crippen molar-refractivity contribution < 1.29 is 24.5 Å². The third-order valence-electron chi connectivity index (χ3n) is 9.27. The average Bonchev–Trinajstić information content (AvgIpc) is 3.22. The van der Waals surface area contributed by atoms with E-state index in [1.165, 1.54) is 51.4 Å². The standard InChI is InChI=1S/C52H81NO5/c1-4-7-10-13-16-19-22-23-24-25-26-27-30-33-36-39-42-45-52(57)58-48(43-40-37-34-31-28-20-17-14-11-8-5-2)46-51(56)53-49(47-54)50(55)44-41-38-35-32-29-21-18-15-12-9-6-3/h7-8,10-11,13-14,16-17,19-20,22-28,30-31,34,37,40,48-50,54-55H,4-6,9,12,15,18,21,29,32-33,35-36,38-39,41-47H2,1-3H3,(H,53,56)/b10-7-,11-8+,16-13+,17-14+,22-19+,24-23-,26-25+,28-20-,30-27+,34-31-,40-37+. The van der Waals surface area contributed by atoms with Crippen LogP contribution in [0, 0.1) is 0 Å². The van der Waals surface area contributed by atoms with Crippen molar-refractivity contribution in [1.29, 1.82) is 0 Å². The Labute approximate surface area is 354 Å². The number of amides is 1. The Morgan fingerprint density at radius 3 is 1.45 bits per heavy atom. The molecule has 3 atom stereocenters. The number of rotatable bonds is 37. The van der Waals surface area contributed by atoms with E-state index in [1.54, 1.807) is 0 Å². The second-order valence-corrected chi connectivity index (χ2v) is 14.6. The van der Waals surface area contributed by atoms with Crippen molar-refractivity contribution in [3.05, 3.63) is 134 Å². The molecule has 0 saturated carbocycles. The van der Waals surface area contributed by atoms with Gasteiger partial charge in [0.1, 0.15) is 6.10 Å². The van der Waals surface area contributed by atoms with E-state index >= 15 is 0 Å². The van der Waals surface area contributed by atoms with Gasteiger partial charge in [0.05, 0.1) is 25.2 Å². The first-order valence-corrected chi connectivity index (χ1v) is 22.6. The number of ether oxygens (including phenoxy) is 1. The number of allylic oxidation sites excluding steroid dienone is 21. The molecule has 0 aromatic rings. The number of nitrogens with one attached hydrogen (secondary N) is 1. The molecule has 0 radical (unpaired) electrons. The van der Waals surface area contributed by atoms with Gasteiger partial charge in [-0.1, -0.05) is 231 Å². The van der Waals surface area contributed by atoms with Crippen molar-refractivity contribution >= 4 is 11.9 Å². The van der Waals surface area contributed by atoms with Crippen LogP contribution >= 0.6 is 0 Å². The topological polar surface area (TPSA) is 95.9 Å². The fourth-order valence-corrected chi connectivity index (χ4v) is 5.89. The third-order valence-corrected chi connectivity index (χ3v) is 9.27. The highest BCUT2D eigenvalue weighted by Crippen LogP contribution is 2.15. The van der Waals surface area contributed by atoms with Crippen LogP contribution < -0.4 is 5.32 Å². The Morgan fingerprint density at radius 2 is 0.966 bits per heavy atom. The van der Waals surface area contributed by atoms with Gasteiger partial charge in [0, 0.05) is 12.8 Å². The lowest BCUT2D eigenvalue weighted by atomic mass is 10.0. The van der Waals surface area contributed by atoms with Crippen LogP contribution in [0.2, 0.25) is 0 Å². The number of unbranched alkanes of at least 4 members (excludes halogenated alkanes) is 13. The zero-order chi connectivity index (χ0) is 42.4. The fourth-order valence-electron chi connectivity index (χ4n) is 5.89. The highest BCUT2D eigenvalue weighted by atomic mass is 16.5. The minimum atomic E-state index is -0.833. The summed E-state index contributed by atoms with van der Waals surface area (Å²) in [5.41, 5.74) is 0. The van der Waals surface area contributed by atoms with Crippen molar-refractivity contribution in [1.82, 2.24) is 5.32 Å². The lowest BCUT2D eigenvalue weighted by Gasteiger charge is -2.24. The maximum Gasteiger partial charge on any atom is 0.306 e. The van der Waals surface area contributed by atoms with Crippen LogP contribution in [0.25, 0.3) is 0 Å². The van der Waals surface area contributed by atoms with Gasteiger partial charge in [-0.2, -0.15) is 0 Å². The lowest BCUT2D eigenvalue weighted by Crippen LogP contribution is -2.46. The molecule has 0 aliphatic carbocycles. The Hall–Kier alpha value is -4.00. The molecule has 0 bridgehead atoms. The summed E-state index contributed by atoms with van der Waals surface area (Å²) in [5.74, 6) is -0.679. The van der Waals surface area contributed by atoms with Crippen LogP contribution in [0.4, 0.5) is 0 Å². The van der Waals surface area contributed by atoms with E-state index in [0.29, 0.717) is 19.3 Å². The first-order valence-electron chi connectivity index (χ1n) is 22.6. The monoisotopic (exact) mass is 800 g/mol. The van der Waals surface area contributed by atoms with Gasteiger partial charge in [-0.15, -0.1) is 0 Å². The molecular weight excluding hydrogens is 719 g/mol. The van der Waals surface area contributed by atoms with Gasteiger partial charge in [-0.05, 0) is 38.5 Å². The maximum atomic E-state index is 13.1. The number of carbonyl (C=O) groups excluding carboxylic acids is 2. The van der Waals surface area contributed by atoms with Crippen LogP contribution in [0.1, 0.15) is 156 Å². The van der Waals surface area contributed by atoms with Gasteiger partial charge in [-0.25, -0.2) is 0 Å². The average molecular weight is 800 g/mol. The molecule has 6 nitrogen and oxygen atoms in total. The summed E-state index contributed by atoms with van der Waals surface area (Å²) >= 11 is 0. The zero-order valence-electron chi connectivity index (χ0n) is 36.6. The summed E-state index contributed by atoms with van der Waals surface area (Å²) in [5, 5.41) is 23.5. The number of hydrogen-bond donors (Lipinski definition) is 3. The highest BCUT2D eigenvalue weighted by Gasteiger charge is 2.23. The zero-order valence-corrected chi connectivity index (χ0v) is 36.6. The largest absolute Gasteiger partial charge is 0.461 e. The van der Waals surface area contributed by atoms with Crippen LogP contribution in [0.3, 0.4) is 0 Å². The fraction of sp³-hybridized carbons (Fsp3) is 0.538. The summed E-state index contributed by atoms with van der Waals surface area (Å²) in [6, 6.07) is -0.757. The van der Waals surface area contributed by atoms with E-state index in [-0.39, 0.29) is 31.3 Å². The predicted octanol–water partition coefficient (Wildman–Crippen LogP) is 13.1. The molecule has 6 heteroatoms. The molecule has 0 heterocycles. The summed E-state index contributed by atoms with van der Waals surface area (Å²) in [6.07, 6.45) is 62.4. The second-order valence-electron chi connectivity index (χ2n) is 14.6. The number of aliphatic hydroxyl groups is 2. The van der Waals surface area contributed by atoms with Crippen LogP contribution in [0.5, 0.6) is 0 Å². The van der Waals surface area contributed by atoms with Crippen molar-refractivity contribution in [2.24, 2.45) is 0 Å². The number of carbonyl (C=O) groups is 2. The number of esters is 1. The van der Waals surface area contributed by atoms with Gasteiger partial charge in [0.25, 0.3) is 0 Å². The number of aliphatic hydroxyl groups excluding tert-OH is 2. The second kappa shape index (κ2) is 44.1. The molecule has 0 saturated heterocycles. The van der Waals surface area contributed by atoms with Gasteiger partial charge in [-0.3, -0.25) is 9.59 Å². The summed E-state index contributed by atoms with van der Waals surface area (Å²) in [7, 11) is 0. The lowest BCUT2D eigenvalue weighted by molar-refractivity contribution is -0.150. The van der Waals surface area contributed by atoms with E-state index in [0.717, 1.165) is 51.4 Å². The quantitative estimate of drug-likeness (QED) is 0.0330. The molecule has 0 rings (SSSR count). The molecule has 0 aliphatic heterocycles. The molecule has 0 fully saturated rings. The molecule has 0 aromatic carbocycles. The molecule has 0 spiro atoms. The first-order chi connectivity index (χ1) is 28.5. The normalized spacial score (nSPS) is 14.6. The van der Waals surface area contributed by atoms with Crippen LogP contribution in [-0.4, -0.2) is 46.9 Å². The SMILES string of the molecule is CC\C=C/C=C/C=C/C=C\C=C\C=C\CCCCCC(=O)OC(C/C=C/C=C\C=C/C=C/C=C/CC)CC(=O)NC(CO)C(O)CCCCCCCCCCCCC. The molecule has 3 N–H and O–H groups in total. The maximum absolute atomic E-state index is 13.1. The van der Waals surface area contributed by atoms with Crippen LogP contribution in [-0.2, 0) is 14.3 Å². The van der Waals surface area contributed by atoms with E-state index in [1.807, 2.05) is 115 Å². The Bertz CT molecular complexity index is 1310. The summed E-state index contributed by atoms with van der Waals surface area (Å²) < 4.78 is 5.79. The highest BCUT2D eigenvalue weighted by molar-refractivity contribution is 5.77. The third kappa shape index (κ3) is 38.9. The van der Waals surface area contributed by atoms with Gasteiger partial charge in [0.2, 0.25) is 5.91 Å². The van der Waals surface area contributed by atoms with Crippen molar-refractivity contribution in [2.45, 2.75) is 174 Å². The van der Waals surface area contributed by atoms with E-state index in [2.05, 4.69) is 44.3 Å². The van der Waals surface area contributed by atoms with Gasteiger partial charge in [0.15, 0.2) is 0 Å². The molecular formula is C52H81NO5. The molecule has 0 aromatic heterocycles. The predicted molar refractivity (Wildman–Crippen MR) is 249 cm³/mol. The Kier molecular flexibility index (Phi) is 41.1. The van der Waals surface area contributed by atoms with E-state index in [9.17, 15) is 19.8 Å². The Balaban J connectivity index is 4.85. The van der Waals surface area contributed by atoms with E-state index in [4.69, 9.17) is 4.74 Å². The van der Waals surface area contributed by atoms with Gasteiger partial charge >= 0.3 is 5.97 Å².